The van der Waals surface area contributed by atoms with E-state index in [2.05, 4.69) is 36.2 Å². The summed E-state index contributed by atoms with van der Waals surface area (Å²) < 4.78 is 1.70. The van der Waals surface area contributed by atoms with Gasteiger partial charge in [0.2, 0.25) is 5.43 Å². The molecule has 0 fully saturated rings. The molecule has 3 heterocycles. The molecule has 7 nitrogen and oxygen atoms in total. The van der Waals surface area contributed by atoms with E-state index in [0.717, 1.165) is 25.7 Å². The number of aromatic hydroxyl groups is 1. The number of carbonyl (C=O) groups is 1. The average Bonchev–Trinajstić information content (AvgIpc) is 3.04. The van der Waals surface area contributed by atoms with E-state index in [4.69, 9.17) is 0 Å². The van der Waals surface area contributed by atoms with Crippen molar-refractivity contribution in [3.8, 4) is 5.75 Å². The minimum absolute atomic E-state index is 0.0170. The molecule has 6 rings (SSSR count). The van der Waals surface area contributed by atoms with Crippen LogP contribution in [0.4, 0.5) is 0 Å². The van der Waals surface area contributed by atoms with E-state index in [1.807, 2.05) is 6.07 Å². The smallest absolute Gasteiger partial charge is 0.278 e. The zero-order chi connectivity index (χ0) is 22.9. The Morgan fingerprint density at radius 1 is 1.06 bits per heavy atom. The number of aliphatic hydroxyl groups is 1. The Kier molecular flexibility index (Phi) is 4.52. The van der Waals surface area contributed by atoms with Gasteiger partial charge in [0.1, 0.15) is 6.17 Å². The Morgan fingerprint density at radius 2 is 1.85 bits per heavy atom. The molecule has 33 heavy (non-hydrogen) atoms. The topological polar surface area (TPSA) is 86.0 Å². The van der Waals surface area contributed by atoms with E-state index in [9.17, 15) is 19.8 Å². The summed E-state index contributed by atoms with van der Waals surface area (Å²) in [7, 11) is 0. The number of allylic oxidation sites excluding steroid dienone is 1. The Bertz CT molecular complexity index is 1290. The lowest BCUT2D eigenvalue weighted by Crippen LogP contribution is -2.64. The highest BCUT2D eigenvalue weighted by Crippen LogP contribution is 2.49. The van der Waals surface area contributed by atoms with Gasteiger partial charge < -0.3 is 15.1 Å². The first-order valence-corrected chi connectivity index (χ1v) is 11.7. The van der Waals surface area contributed by atoms with Crippen LogP contribution in [0.3, 0.4) is 0 Å². The number of amides is 1. The van der Waals surface area contributed by atoms with Crippen molar-refractivity contribution in [1.82, 2.24) is 9.58 Å². The van der Waals surface area contributed by atoms with E-state index >= 15 is 0 Å². The van der Waals surface area contributed by atoms with E-state index in [-0.39, 0.29) is 37.0 Å². The van der Waals surface area contributed by atoms with Gasteiger partial charge in [0.15, 0.2) is 11.4 Å². The lowest BCUT2D eigenvalue weighted by Gasteiger charge is -2.51. The van der Waals surface area contributed by atoms with Gasteiger partial charge in [-0.1, -0.05) is 48.4 Å². The first-order chi connectivity index (χ1) is 16.0. The summed E-state index contributed by atoms with van der Waals surface area (Å²) in [6.07, 6.45) is 7.50. The molecule has 1 aromatic carbocycles. The maximum absolute atomic E-state index is 13.6. The van der Waals surface area contributed by atoms with Crippen molar-refractivity contribution in [2.75, 3.05) is 18.2 Å². The fraction of sp³-hybridized carbons (Fsp3) is 0.385. The third kappa shape index (κ3) is 2.78. The van der Waals surface area contributed by atoms with E-state index in [0.29, 0.717) is 0 Å². The number of benzene rings is 1. The van der Waals surface area contributed by atoms with Crippen molar-refractivity contribution in [3.63, 3.8) is 0 Å². The first-order valence-electron chi connectivity index (χ1n) is 11.7. The number of fused-ring (bicyclic) bond motifs is 6. The molecule has 7 heteroatoms. The number of nitrogens with zero attached hydrogens (tertiary/aromatic N) is 3. The fourth-order valence-corrected chi connectivity index (χ4v) is 6.23. The molecule has 1 amide bonds. The molecule has 4 aliphatic rings. The Balaban J connectivity index is 1.70. The van der Waals surface area contributed by atoms with Crippen LogP contribution in [0.15, 0.2) is 64.1 Å². The minimum atomic E-state index is -0.583. The number of β-amino-alcohol motifs (C(OH)–C–C–N with tert-alkyl or cyclic N) is 1. The normalized spacial score (nSPS) is 25.6. The summed E-state index contributed by atoms with van der Waals surface area (Å²) in [5, 5.41) is 22.7. The predicted molar refractivity (Wildman–Crippen MR) is 124 cm³/mol. The minimum Gasteiger partial charge on any atom is -0.502 e. The van der Waals surface area contributed by atoms with Crippen molar-refractivity contribution in [1.29, 1.82) is 0 Å². The number of aliphatic hydroxyl groups excluding tert-OH is 1. The summed E-state index contributed by atoms with van der Waals surface area (Å²) in [5.41, 5.74) is 5.84. The molecular formula is C26H27N3O4. The molecule has 2 N–H and O–H groups in total. The van der Waals surface area contributed by atoms with Crippen LogP contribution in [-0.2, 0) is 6.42 Å². The molecular weight excluding hydrogens is 418 g/mol. The third-order valence-electron chi connectivity index (χ3n) is 7.80. The Morgan fingerprint density at radius 3 is 2.67 bits per heavy atom. The second-order valence-corrected chi connectivity index (χ2v) is 9.41. The van der Waals surface area contributed by atoms with E-state index < -0.39 is 17.1 Å². The fourth-order valence-electron chi connectivity index (χ4n) is 6.23. The van der Waals surface area contributed by atoms with Crippen LogP contribution in [0, 0.1) is 5.92 Å². The molecule has 3 atom stereocenters. The molecule has 3 unspecified atom stereocenters. The molecule has 1 aromatic heterocycles. The summed E-state index contributed by atoms with van der Waals surface area (Å²) >= 11 is 0. The van der Waals surface area contributed by atoms with Gasteiger partial charge in [0.05, 0.1) is 12.6 Å². The van der Waals surface area contributed by atoms with Gasteiger partial charge in [-0.25, -0.2) is 0 Å². The first kappa shape index (κ1) is 20.3. The zero-order valence-electron chi connectivity index (χ0n) is 18.6. The van der Waals surface area contributed by atoms with Crippen molar-refractivity contribution in [2.45, 2.75) is 44.8 Å². The van der Waals surface area contributed by atoms with Crippen molar-refractivity contribution >= 4 is 5.91 Å². The number of aryl methyl sites for hydroxylation is 1. The monoisotopic (exact) mass is 445 g/mol. The lowest BCUT2D eigenvalue weighted by atomic mass is 9.84. The molecule has 0 saturated heterocycles. The van der Waals surface area contributed by atoms with Gasteiger partial charge >= 0.3 is 0 Å². The molecule has 2 aliphatic carbocycles. The van der Waals surface area contributed by atoms with Gasteiger partial charge in [-0.2, -0.15) is 0 Å². The maximum Gasteiger partial charge on any atom is 0.278 e. The molecule has 0 spiro atoms. The number of pyridine rings is 1. The maximum atomic E-state index is 13.6. The van der Waals surface area contributed by atoms with Crippen LogP contribution in [0.5, 0.6) is 5.75 Å². The second kappa shape index (κ2) is 7.35. The molecule has 2 aromatic rings. The van der Waals surface area contributed by atoms with Crippen molar-refractivity contribution < 1.29 is 15.0 Å². The second-order valence-electron chi connectivity index (χ2n) is 9.41. The summed E-state index contributed by atoms with van der Waals surface area (Å²) in [4.78, 5) is 27.6. The Hall–Kier alpha value is -3.32. The van der Waals surface area contributed by atoms with Gasteiger partial charge in [-0.05, 0) is 42.4 Å². The largest absolute Gasteiger partial charge is 0.502 e. The standard InChI is InChI=1S/C26H27N3O4/c1-15-18-9-8-17-7-6-16-4-2-3-5-19(16)22(20(17)14-18)29-25(15)27(12-13-30)26(33)23-24(32)21(31)10-11-28(23)29/h2-5,10-11,14-15,22,25,30,32H,6-9,12-13H2,1H3. The van der Waals surface area contributed by atoms with Gasteiger partial charge in [0.25, 0.3) is 5.91 Å². The van der Waals surface area contributed by atoms with Crippen molar-refractivity contribution in [2.24, 2.45) is 5.92 Å². The highest BCUT2D eigenvalue weighted by molar-refractivity contribution is 5.96. The molecule has 2 bridgehead atoms. The predicted octanol–water partition coefficient (Wildman–Crippen LogP) is 2.62. The average molecular weight is 446 g/mol. The van der Waals surface area contributed by atoms with Crippen LogP contribution in [-0.4, -0.2) is 45.0 Å². The highest BCUT2D eigenvalue weighted by Gasteiger charge is 2.49. The number of hydrogen-bond donors (Lipinski definition) is 2. The summed E-state index contributed by atoms with van der Waals surface area (Å²) in [6.45, 7) is 2.06. The van der Waals surface area contributed by atoms with Crippen LogP contribution >= 0.6 is 0 Å². The van der Waals surface area contributed by atoms with Gasteiger partial charge in [-0.3, -0.25) is 19.3 Å². The number of rotatable bonds is 2. The third-order valence-corrected chi connectivity index (χ3v) is 7.80. The molecule has 0 saturated carbocycles. The highest BCUT2D eigenvalue weighted by atomic mass is 16.3. The van der Waals surface area contributed by atoms with Gasteiger partial charge in [-0.15, -0.1) is 0 Å². The van der Waals surface area contributed by atoms with Crippen LogP contribution in [0.2, 0.25) is 0 Å². The molecule has 0 radical (unpaired) electrons. The number of hydrogen-bond acceptors (Lipinski definition) is 5. The Labute approximate surface area is 191 Å². The number of carbonyl (C=O) groups excluding carboxylic acids is 1. The zero-order valence-corrected chi connectivity index (χ0v) is 18.6. The summed E-state index contributed by atoms with van der Waals surface area (Å²) in [5.74, 6) is -0.958. The molecule has 170 valence electrons. The van der Waals surface area contributed by atoms with Crippen LogP contribution < -0.4 is 10.4 Å². The van der Waals surface area contributed by atoms with Crippen LogP contribution in [0.1, 0.15) is 53.8 Å². The van der Waals surface area contributed by atoms with Crippen molar-refractivity contribution in [3.05, 3.63) is 86.4 Å². The molecule has 2 aliphatic heterocycles. The van der Waals surface area contributed by atoms with Crippen LogP contribution in [0.25, 0.3) is 0 Å². The summed E-state index contributed by atoms with van der Waals surface area (Å²) in [6, 6.07) is 9.59. The van der Waals surface area contributed by atoms with E-state index in [1.165, 1.54) is 33.9 Å². The number of aromatic nitrogens is 1. The van der Waals surface area contributed by atoms with Gasteiger partial charge in [0, 0.05) is 24.7 Å². The lowest BCUT2D eigenvalue weighted by molar-refractivity contribution is 0.0433. The SMILES string of the molecule is CC1C2=CC3=C(CC2)CCc2ccccc2C3N2C1N(CCO)C(=O)c1c(O)c(=O)ccn12. The van der Waals surface area contributed by atoms with E-state index in [1.54, 1.807) is 15.8 Å². The quantitative estimate of drug-likeness (QED) is 0.742.